The van der Waals surface area contributed by atoms with Crippen LogP contribution in [0.5, 0.6) is 0 Å². The second-order valence-corrected chi connectivity index (χ2v) is 8.71. The Kier molecular flexibility index (Phi) is 7.16. The molecule has 2 aromatic rings. The fraction of sp³-hybridized carbons (Fsp3) is 0.381. The molecule has 0 radical (unpaired) electrons. The summed E-state index contributed by atoms with van der Waals surface area (Å²) in [5, 5.41) is 2.95. The highest BCUT2D eigenvalue weighted by molar-refractivity contribution is 7.90. The minimum Gasteiger partial charge on any atom is -0.346 e. The van der Waals surface area contributed by atoms with E-state index in [1.54, 1.807) is 24.3 Å². The van der Waals surface area contributed by atoms with Gasteiger partial charge in [-0.1, -0.05) is 38.1 Å². The average Bonchev–Trinajstić information content (AvgIpc) is 2.65. The molecule has 0 saturated heterocycles. The molecule has 0 saturated carbocycles. The van der Waals surface area contributed by atoms with Gasteiger partial charge in [-0.05, 0) is 55.4 Å². The first kappa shape index (κ1) is 21.1. The molecule has 0 fully saturated rings. The third kappa shape index (κ3) is 5.91. The fourth-order valence-electron chi connectivity index (χ4n) is 2.83. The SMILES string of the molecule is CCN(CC)Cc1ccc(C(=O)N[C@H](C)c2ccc(S(C)(=O)=O)cc2)cc1. The standard InChI is InChI=1S/C21H28N2O3S/c1-5-23(6-2)15-17-7-9-19(10-8-17)21(24)22-16(3)18-11-13-20(14-12-18)27(4,25)26/h7-14,16H,5-6,15H2,1-4H3,(H,22,24)/t16-/m1/s1. The van der Waals surface area contributed by atoms with Gasteiger partial charge in [0.25, 0.3) is 5.91 Å². The Labute approximate surface area is 162 Å². The maximum absolute atomic E-state index is 12.5. The second kappa shape index (κ2) is 9.15. The molecule has 0 bridgehead atoms. The maximum atomic E-state index is 12.5. The van der Waals surface area contributed by atoms with Gasteiger partial charge in [0, 0.05) is 18.4 Å². The zero-order chi connectivity index (χ0) is 20.0. The third-order valence-corrected chi connectivity index (χ3v) is 5.80. The van der Waals surface area contributed by atoms with Crippen LogP contribution in [0.3, 0.4) is 0 Å². The molecule has 0 spiro atoms. The number of nitrogens with zero attached hydrogens (tertiary/aromatic N) is 1. The Morgan fingerprint density at radius 2 is 1.56 bits per heavy atom. The van der Waals surface area contributed by atoms with Crippen LogP contribution in [0.2, 0.25) is 0 Å². The van der Waals surface area contributed by atoms with Gasteiger partial charge in [-0.25, -0.2) is 8.42 Å². The minimum atomic E-state index is -3.22. The molecule has 2 rings (SSSR count). The van der Waals surface area contributed by atoms with Gasteiger partial charge in [0.05, 0.1) is 10.9 Å². The average molecular weight is 389 g/mol. The highest BCUT2D eigenvalue weighted by atomic mass is 32.2. The number of amides is 1. The summed E-state index contributed by atoms with van der Waals surface area (Å²) >= 11 is 0. The molecule has 1 amide bonds. The number of carbonyl (C=O) groups excluding carboxylic acids is 1. The van der Waals surface area contributed by atoms with Gasteiger partial charge >= 0.3 is 0 Å². The number of nitrogens with one attached hydrogen (secondary N) is 1. The van der Waals surface area contributed by atoms with Crippen molar-refractivity contribution in [3.05, 3.63) is 65.2 Å². The van der Waals surface area contributed by atoms with Gasteiger partial charge < -0.3 is 5.32 Å². The van der Waals surface area contributed by atoms with E-state index in [4.69, 9.17) is 0 Å². The number of rotatable bonds is 8. The van der Waals surface area contributed by atoms with Crippen molar-refractivity contribution in [2.45, 2.75) is 38.3 Å². The van der Waals surface area contributed by atoms with Crippen LogP contribution in [0.15, 0.2) is 53.4 Å². The van der Waals surface area contributed by atoms with Gasteiger partial charge in [-0.2, -0.15) is 0 Å². The minimum absolute atomic E-state index is 0.149. The monoisotopic (exact) mass is 388 g/mol. The number of hydrogen-bond donors (Lipinski definition) is 1. The molecule has 0 aromatic heterocycles. The van der Waals surface area contributed by atoms with E-state index in [-0.39, 0.29) is 16.8 Å². The van der Waals surface area contributed by atoms with E-state index < -0.39 is 9.84 Å². The first-order valence-corrected chi connectivity index (χ1v) is 11.1. The molecule has 1 atom stereocenters. The second-order valence-electron chi connectivity index (χ2n) is 6.69. The van der Waals surface area contributed by atoms with Crippen molar-refractivity contribution in [1.29, 1.82) is 0 Å². The van der Waals surface area contributed by atoms with Crippen LogP contribution < -0.4 is 5.32 Å². The molecule has 27 heavy (non-hydrogen) atoms. The molecular weight excluding hydrogens is 360 g/mol. The number of benzene rings is 2. The van der Waals surface area contributed by atoms with Gasteiger partial charge in [0.2, 0.25) is 0 Å². The van der Waals surface area contributed by atoms with Gasteiger partial charge in [-0.3, -0.25) is 9.69 Å². The summed E-state index contributed by atoms with van der Waals surface area (Å²) in [7, 11) is -3.22. The first-order valence-electron chi connectivity index (χ1n) is 9.16. The van der Waals surface area contributed by atoms with E-state index in [0.29, 0.717) is 5.56 Å². The van der Waals surface area contributed by atoms with Crippen LogP contribution in [0, 0.1) is 0 Å². The normalized spacial score (nSPS) is 12.8. The van der Waals surface area contributed by atoms with Crippen LogP contribution in [-0.4, -0.2) is 38.6 Å². The van der Waals surface area contributed by atoms with Gasteiger partial charge in [0.1, 0.15) is 0 Å². The lowest BCUT2D eigenvalue weighted by Gasteiger charge is -2.18. The van der Waals surface area contributed by atoms with Crippen molar-refractivity contribution in [1.82, 2.24) is 10.2 Å². The molecule has 6 heteroatoms. The Morgan fingerprint density at radius 3 is 2.04 bits per heavy atom. The number of sulfone groups is 1. The van der Waals surface area contributed by atoms with Crippen molar-refractivity contribution in [2.75, 3.05) is 19.3 Å². The summed E-state index contributed by atoms with van der Waals surface area (Å²) in [6.07, 6.45) is 1.18. The van der Waals surface area contributed by atoms with Crippen molar-refractivity contribution in [3.8, 4) is 0 Å². The molecule has 0 aliphatic rings. The predicted molar refractivity (Wildman–Crippen MR) is 109 cm³/mol. The van der Waals surface area contributed by atoms with Crippen LogP contribution in [0.4, 0.5) is 0 Å². The first-order chi connectivity index (χ1) is 12.7. The van der Waals surface area contributed by atoms with Crippen molar-refractivity contribution < 1.29 is 13.2 Å². The highest BCUT2D eigenvalue weighted by Gasteiger charge is 2.13. The lowest BCUT2D eigenvalue weighted by atomic mass is 10.1. The summed E-state index contributed by atoms with van der Waals surface area (Å²) in [6.45, 7) is 9.01. The topological polar surface area (TPSA) is 66.5 Å². The molecule has 1 N–H and O–H groups in total. The van der Waals surface area contributed by atoms with E-state index in [1.165, 1.54) is 11.8 Å². The van der Waals surface area contributed by atoms with Crippen LogP contribution in [-0.2, 0) is 16.4 Å². The molecule has 146 valence electrons. The Balaban J connectivity index is 2.01. The molecular formula is C21H28N2O3S. The lowest BCUT2D eigenvalue weighted by molar-refractivity contribution is 0.0940. The van der Waals surface area contributed by atoms with E-state index in [1.807, 2.05) is 31.2 Å². The molecule has 0 aliphatic heterocycles. The number of carbonyl (C=O) groups is 1. The molecule has 0 unspecified atom stereocenters. The summed E-state index contributed by atoms with van der Waals surface area (Å²) < 4.78 is 23.1. The fourth-order valence-corrected chi connectivity index (χ4v) is 3.46. The largest absolute Gasteiger partial charge is 0.346 e. The molecule has 0 aliphatic carbocycles. The van der Waals surface area contributed by atoms with Crippen LogP contribution in [0.1, 0.15) is 48.3 Å². The molecule has 5 nitrogen and oxygen atoms in total. The van der Waals surface area contributed by atoms with Crippen LogP contribution in [0.25, 0.3) is 0 Å². The summed E-state index contributed by atoms with van der Waals surface area (Å²) in [6, 6.07) is 14.0. The molecule has 2 aromatic carbocycles. The highest BCUT2D eigenvalue weighted by Crippen LogP contribution is 2.17. The van der Waals surface area contributed by atoms with E-state index in [9.17, 15) is 13.2 Å². The van der Waals surface area contributed by atoms with Crippen molar-refractivity contribution >= 4 is 15.7 Å². The van der Waals surface area contributed by atoms with Gasteiger partial charge in [0.15, 0.2) is 9.84 Å². The summed E-state index contributed by atoms with van der Waals surface area (Å²) in [5.74, 6) is -0.149. The number of hydrogen-bond acceptors (Lipinski definition) is 4. The zero-order valence-corrected chi connectivity index (χ0v) is 17.2. The zero-order valence-electron chi connectivity index (χ0n) is 16.4. The van der Waals surface area contributed by atoms with E-state index in [2.05, 4.69) is 24.1 Å². The summed E-state index contributed by atoms with van der Waals surface area (Å²) in [5.41, 5.74) is 2.64. The Bertz CT molecular complexity index is 855. The van der Waals surface area contributed by atoms with Crippen molar-refractivity contribution in [3.63, 3.8) is 0 Å². The third-order valence-electron chi connectivity index (χ3n) is 4.67. The van der Waals surface area contributed by atoms with Crippen molar-refractivity contribution in [2.24, 2.45) is 0 Å². The Morgan fingerprint density at radius 1 is 1.00 bits per heavy atom. The quantitative estimate of drug-likeness (QED) is 0.752. The van der Waals surface area contributed by atoms with Crippen LogP contribution >= 0.6 is 0 Å². The molecule has 0 heterocycles. The Hall–Kier alpha value is -2.18. The lowest BCUT2D eigenvalue weighted by Crippen LogP contribution is -2.26. The maximum Gasteiger partial charge on any atom is 0.251 e. The predicted octanol–water partition coefficient (Wildman–Crippen LogP) is 3.42. The van der Waals surface area contributed by atoms with Gasteiger partial charge in [-0.15, -0.1) is 0 Å². The smallest absolute Gasteiger partial charge is 0.251 e. The summed E-state index contributed by atoms with van der Waals surface area (Å²) in [4.78, 5) is 15.1. The van der Waals surface area contributed by atoms with E-state index in [0.717, 1.165) is 25.2 Å². The van der Waals surface area contributed by atoms with E-state index >= 15 is 0 Å².